The van der Waals surface area contributed by atoms with Crippen LogP contribution >= 0.6 is 0 Å². The summed E-state index contributed by atoms with van der Waals surface area (Å²) in [6.45, 7) is 0. The number of hydrogen-bond acceptors (Lipinski definition) is 2. The number of halogens is 1. The minimum absolute atomic E-state index is 0.343. The number of benzene rings is 3. The number of carboxylic acids is 1. The zero-order valence-corrected chi connectivity index (χ0v) is 11.8. The smallest absolute Gasteiger partial charge is 0.338 e. The second kappa shape index (κ2) is 5.48. The van der Waals surface area contributed by atoms with E-state index in [-0.39, 0.29) is 5.56 Å². The predicted molar refractivity (Wildman–Crippen MR) is 82.9 cm³/mol. The molecule has 0 amide bonds. The van der Waals surface area contributed by atoms with Crippen molar-refractivity contribution in [1.82, 2.24) is 0 Å². The van der Waals surface area contributed by atoms with E-state index in [1.165, 1.54) is 12.1 Å². The molecule has 4 heteroatoms. The molecule has 0 radical (unpaired) electrons. The normalized spacial score (nSPS) is 10.6. The van der Waals surface area contributed by atoms with Gasteiger partial charge >= 0.3 is 5.97 Å². The third kappa shape index (κ3) is 2.39. The molecule has 0 aliphatic heterocycles. The van der Waals surface area contributed by atoms with Gasteiger partial charge in [0.2, 0.25) is 0 Å². The van der Waals surface area contributed by atoms with Crippen LogP contribution in [0.3, 0.4) is 0 Å². The van der Waals surface area contributed by atoms with Crippen molar-refractivity contribution in [2.45, 2.75) is 0 Å². The van der Waals surface area contributed by atoms with Crippen molar-refractivity contribution < 1.29 is 19.0 Å². The second-order valence-corrected chi connectivity index (χ2v) is 4.90. The van der Waals surface area contributed by atoms with Gasteiger partial charge in [-0.25, -0.2) is 9.18 Å². The van der Waals surface area contributed by atoms with E-state index in [0.717, 1.165) is 16.3 Å². The van der Waals surface area contributed by atoms with Crippen molar-refractivity contribution in [1.29, 1.82) is 0 Å². The molecule has 0 unspecified atom stereocenters. The number of ether oxygens (including phenoxy) is 1. The Balaban J connectivity index is 2.22. The Morgan fingerprint density at radius 2 is 1.82 bits per heavy atom. The molecular formula is C18H13FO3. The molecule has 0 aliphatic rings. The molecule has 22 heavy (non-hydrogen) atoms. The highest BCUT2D eigenvalue weighted by atomic mass is 19.1. The highest BCUT2D eigenvalue weighted by Gasteiger charge is 2.13. The van der Waals surface area contributed by atoms with Crippen molar-refractivity contribution in [2.75, 3.05) is 7.11 Å². The van der Waals surface area contributed by atoms with Crippen molar-refractivity contribution in [3.05, 3.63) is 66.0 Å². The zero-order valence-electron chi connectivity index (χ0n) is 11.8. The first-order chi connectivity index (χ1) is 10.6. The number of carboxylic acid groups (broad SMARTS) is 1. The molecule has 0 saturated heterocycles. The Bertz CT molecular complexity index is 871. The monoisotopic (exact) mass is 296 g/mol. The fourth-order valence-electron chi connectivity index (χ4n) is 2.48. The van der Waals surface area contributed by atoms with Gasteiger partial charge in [-0.05, 0) is 40.8 Å². The van der Waals surface area contributed by atoms with E-state index in [2.05, 4.69) is 0 Å². The average Bonchev–Trinajstić information content (AvgIpc) is 2.54. The van der Waals surface area contributed by atoms with E-state index in [1.807, 2.05) is 36.4 Å². The van der Waals surface area contributed by atoms with Gasteiger partial charge in [-0.3, -0.25) is 0 Å². The first-order valence-electron chi connectivity index (χ1n) is 6.70. The van der Waals surface area contributed by atoms with Gasteiger partial charge in [0.25, 0.3) is 0 Å². The van der Waals surface area contributed by atoms with Gasteiger partial charge in [0.05, 0.1) is 12.7 Å². The molecule has 0 atom stereocenters. The lowest BCUT2D eigenvalue weighted by Gasteiger charge is -2.10. The maximum Gasteiger partial charge on any atom is 0.338 e. The van der Waals surface area contributed by atoms with Gasteiger partial charge in [0, 0.05) is 5.39 Å². The summed E-state index contributed by atoms with van der Waals surface area (Å²) < 4.78 is 18.9. The van der Waals surface area contributed by atoms with E-state index < -0.39 is 11.8 Å². The lowest BCUT2D eigenvalue weighted by molar-refractivity contribution is 0.0692. The van der Waals surface area contributed by atoms with Crippen LogP contribution < -0.4 is 4.74 Å². The number of aromatic carboxylic acids is 1. The minimum Gasteiger partial charge on any atom is -0.496 e. The van der Waals surface area contributed by atoms with Crippen molar-refractivity contribution in [3.63, 3.8) is 0 Å². The largest absolute Gasteiger partial charge is 0.496 e. The molecule has 0 spiro atoms. The van der Waals surface area contributed by atoms with Crippen LogP contribution in [0.1, 0.15) is 10.4 Å². The third-order valence-electron chi connectivity index (χ3n) is 3.57. The standard InChI is InChI=1S/C18H13FO3/c1-22-17-10-13(8-12-4-2-3-5-14(12)17)11-6-7-16(19)15(9-11)18(20)21/h2-10H,1H3,(H,20,21). The Morgan fingerprint density at radius 3 is 2.55 bits per heavy atom. The topological polar surface area (TPSA) is 46.5 Å². The molecule has 3 aromatic rings. The van der Waals surface area contributed by atoms with Crippen molar-refractivity contribution in [3.8, 4) is 16.9 Å². The van der Waals surface area contributed by atoms with E-state index >= 15 is 0 Å². The van der Waals surface area contributed by atoms with Crippen LogP contribution in [0.15, 0.2) is 54.6 Å². The molecule has 110 valence electrons. The summed E-state index contributed by atoms with van der Waals surface area (Å²) in [6.07, 6.45) is 0. The van der Waals surface area contributed by atoms with Crippen LogP contribution in [0.4, 0.5) is 4.39 Å². The summed E-state index contributed by atoms with van der Waals surface area (Å²) >= 11 is 0. The van der Waals surface area contributed by atoms with Crippen LogP contribution in [0.2, 0.25) is 0 Å². The third-order valence-corrected chi connectivity index (χ3v) is 3.57. The van der Waals surface area contributed by atoms with Gasteiger partial charge in [0.1, 0.15) is 11.6 Å². The first-order valence-corrected chi connectivity index (χ1v) is 6.70. The van der Waals surface area contributed by atoms with Crippen LogP contribution in [-0.4, -0.2) is 18.2 Å². The molecule has 1 N–H and O–H groups in total. The quantitative estimate of drug-likeness (QED) is 0.781. The minimum atomic E-state index is -1.29. The Hall–Kier alpha value is -2.88. The summed E-state index contributed by atoms with van der Waals surface area (Å²) in [7, 11) is 1.58. The molecule has 0 bridgehead atoms. The van der Waals surface area contributed by atoms with E-state index in [1.54, 1.807) is 13.2 Å². The van der Waals surface area contributed by atoms with Crippen LogP contribution in [-0.2, 0) is 0 Å². The van der Waals surface area contributed by atoms with E-state index in [4.69, 9.17) is 9.84 Å². The maximum absolute atomic E-state index is 13.5. The lowest BCUT2D eigenvalue weighted by Crippen LogP contribution is -2.00. The Kier molecular flexibility index (Phi) is 3.51. The molecule has 0 heterocycles. The highest BCUT2D eigenvalue weighted by molar-refractivity contribution is 5.94. The van der Waals surface area contributed by atoms with Crippen LogP contribution in [0.5, 0.6) is 5.75 Å². The number of rotatable bonds is 3. The number of hydrogen-bond donors (Lipinski definition) is 1. The van der Waals surface area contributed by atoms with Crippen molar-refractivity contribution >= 4 is 16.7 Å². The fourth-order valence-corrected chi connectivity index (χ4v) is 2.48. The molecule has 3 nitrogen and oxygen atoms in total. The summed E-state index contributed by atoms with van der Waals surface area (Å²) in [6, 6.07) is 15.5. The average molecular weight is 296 g/mol. The second-order valence-electron chi connectivity index (χ2n) is 4.90. The molecule has 0 aromatic heterocycles. The molecule has 0 fully saturated rings. The summed E-state index contributed by atoms with van der Waals surface area (Å²) in [5.74, 6) is -1.34. The summed E-state index contributed by atoms with van der Waals surface area (Å²) in [4.78, 5) is 11.1. The van der Waals surface area contributed by atoms with Crippen LogP contribution in [0, 0.1) is 5.82 Å². The fraction of sp³-hybridized carbons (Fsp3) is 0.0556. The Morgan fingerprint density at radius 1 is 1.05 bits per heavy atom. The molecule has 0 aliphatic carbocycles. The Labute approximate surface area is 126 Å². The maximum atomic E-state index is 13.5. The van der Waals surface area contributed by atoms with E-state index in [9.17, 15) is 9.18 Å². The SMILES string of the molecule is COc1cc(-c2ccc(F)c(C(=O)O)c2)cc2ccccc12. The number of methoxy groups -OCH3 is 1. The van der Waals surface area contributed by atoms with Crippen molar-refractivity contribution in [2.24, 2.45) is 0 Å². The van der Waals surface area contributed by atoms with E-state index in [0.29, 0.717) is 11.3 Å². The highest BCUT2D eigenvalue weighted by Crippen LogP contribution is 2.33. The molecule has 0 saturated carbocycles. The molecular weight excluding hydrogens is 283 g/mol. The van der Waals surface area contributed by atoms with Crippen LogP contribution in [0.25, 0.3) is 21.9 Å². The molecule has 3 rings (SSSR count). The predicted octanol–water partition coefficient (Wildman–Crippen LogP) is 4.35. The van der Waals surface area contributed by atoms with Gasteiger partial charge < -0.3 is 9.84 Å². The lowest BCUT2D eigenvalue weighted by atomic mass is 9.98. The first kappa shape index (κ1) is 14.1. The number of carbonyl (C=O) groups is 1. The molecule has 3 aromatic carbocycles. The number of fused-ring (bicyclic) bond motifs is 1. The van der Waals surface area contributed by atoms with Gasteiger partial charge in [-0.2, -0.15) is 0 Å². The summed E-state index contributed by atoms with van der Waals surface area (Å²) in [5.41, 5.74) is 1.06. The van der Waals surface area contributed by atoms with Gasteiger partial charge in [-0.15, -0.1) is 0 Å². The summed E-state index contributed by atoms with van der Waals surface area (Å²) in [5, 5.41) is 11.0. The zero-order chi connectivity index (χ0) is 15.7. The van der Waals surface area contributed by atoms with Gasteiger partial charge in [0.15, 0.2) is 0 Å². The van der Waals surface area contributed by atoms with Gasteiger partial charge in [-0.1, -0.05) is 30.3 Å².